The molecule has 1 aromatic carbocycles. The third-order valence-electron chi connectivity index (χ3n) is 2.32. The lowest BCUT2D eigenvalue weighted by atomic mass is 10.0. The van der Waals surface area contributed by atoms with Crippen LogP contribution in [0.3, 0.4) is 0 Å². The zero-order valence-corrected chi connectivity index (χ0v) is 8.89. The predicted molar refractivity (Wildman–Crippen MR) is 54.7 cm³/mol. The SMILES string of the molecule is CNC(CCOC)c1cccc(F)c1F. The van der Waals surface area contributed by atoms with E-state index < -0.39 is 11.6 Å². The summed E-state index contributed by atoms with van der Waals surface area (Å²) in [4.78, 5) is 0. The highest BCUT2D eigenvalue weighted by Gasteiger charge is 2.15. The molecule has 15 heavy (non-hydrogen) atoms. The third kappa shape index (κ3) is 2.97. The fourth-order valence-corrected chi connectivity index (χ4v) is 1.48. The summed E-state index contributed by atoms with van der Waals surface area (Å²) in [6, 6.07) is 3.97. The Balaban J connectivity index is 2.86. The minimum Gasteiger partial charge on any atom is -0.385 e. The maximum atomic E-state index is 13.4. The third-order valence-corrected chi connectivity index (χ3v) is 2.32. The minimum absolute atomic E-state index is 0.222. The summed E-state index contributed by atoms with van der Waals surface area (Å²) in [6.45, 7) is 0.501. The summed E-state index contributed by atoms with van der Waals surface area (Å²) in [5.41, 5.74) is 0.342. The van der Waals surface area contributed by atoms with Crippen LogP contribution < -0.4 is 5.32 Å². The molecule has 0 saturated carbocycles. The van der Waals surface area contributed by atoms with Gasteiger partial charge in [-0.25, -0.2) is 8.78 Å². The number of benzene rings is 1. The van der Waals surface area contributed by atoms with Crippen molar-refractivity contribution in [2.24, 2.45) is 0 Å². The van der Waals surface area contributed by atoms with Crippen molar-refractivity contribution in [3.8, 4) is 0 Å². The minimum atomic E-state index is -0.815. The highest BCUT2D eigenvalue weighted by Crippen LogP contribution is 2.21. The van der Waals surface area contributed by atoms with Crippen LogP contribution in [0.2, 0.25) is 0 Å². The Labute approximate surface area is 88.3 Å². The van der Waals surface area contributed by atoms with E-state index in [0.29, 0.717) is 18.6 Å². The van der Waals surface area contributed by atoms with Gasteiger partial charge in [-0.2, -0.15) is 0 Å². The number of halogens is 2. The molecule has 1 unspecified atom stereocenters. The molecule has 4 heteroatoms. The molecular formula is C11H15F2NO. The van der Waals surface area contributed by atoms with Gasteiger partial charge in [-0.15, -0.1) is 0 Å². The zero-order chi connectivity index (χ0) is 11.3. The van der Waals surface area contributed by atoms with Crippen molar-refractivity contribution in [1.82, 2.24) is 5.32 Å². The molecule has 0 aliphatic heterocycles. The van der Waals surface area contributed by atoms with E-state index in [2.05, 4.69) is 5.32 Å². The molecule has 1 rings (SSSR count). The summed E-state index contributed by atoms with van der Waals surface area (Å²) in [6.07, 6.45) is 0.605. The Morgan fingerprint density at radius 3 is 2.73 bits per heavy atom. The van der Waals surface area contributed by atoms with Crippen molar-refractivity contribution in [1.29, 1.82) is 0 Å². The maximum Gasteiger partial charge on any atom is 0.163 e. The van der Waals surface area contributed by atoms with Gasteiger partial charge in [0.25, 0.3) is 0 Å². The van der Waals surface area contributed by atoms with Crippen LogP contribution in [0.4, 0.5) is 8.78 Å². The molecule has 0 fully saturated rings. The van der Waals surface area contributed by atoms with Crippen molar-refractivity contribution in [3.05, 3.63) is 35.4 Å². The molecule has 0 saturated heterocycles. The lowest BCUT2D eigenvalue weighted by molar-refractivity contribution is 0.183. The first-order chi connectivity index (χ1) is 7.20. The fourth-order valence-electron chi connectivity index (χ4n) is 1.48. The normalized spacial score (nSPS) is 12.8. The second-order valence-electron chi connectivity index (χ2n) is 3.27. The van der Waals surface area contributed by atoms with E-state index in [1.54, 1.807) is 20.2 Å². The standard InChI is InChI=1S/C11H15F2NO/c1-14-10(6-7-15-2)8-4-3-5-9(12)11(8)13/h3-5,10,14H,6-7H2,1-2H3. The van der Waals surface area contributed by atoms with Crippen molar-refractivity contribution in [2.45, 2.75) is 12.5 Å². The van der Waals surface area contributed by atoms with Crippen LogP contribution in [0.25, 0.3) is 0 Å². The van der Waals surface area contributed by atoms with Crippen LogP contribution in [-0.2, 0) is 4.74 Å². The van der Waals surface area contributed by atoms with Crippen LogP contribution in [0.1, 0.15) is 18.0 Å². The van der Waals surface area contributed by atoms with E-state index in [0.717, 1.165) is 6.07 Å². The smallest absolute Gasteiger partial charge is 0.163 e. The van der Waals surface area contributed by atoms with Gasteiger partial charge in [0.1, 0.15) is 0 Å². The van der Waals surface area contributed by atoms with E-state index in [-0.39, 0.29) is 6.04 Å². The molecule has 0 spiro atoms. The molecule has 1 N–H and O–H groups in total. The molecule has 1 aromatic rings. The lowest BCUT2D eigenvalue weighted by Gasteiger charge is -2.16. The van der Waals surface area contributed by atoms with Gasteiger partial charge in [-0.1, -0.05) is 12.1 Å². The van der Waals surface area contributed by atoms with E-state index in [9.17, 15) is 8.78 Å². The van der Waals surface area contributed by atoms with Gasteiger partial charge < -0.3 is 10.1 Å². The van der Waals surface area contributed by atoms with Gasteiger partial charge in [0.15, 0.2) is 11.6 Å². The number of rotatable bonds is 5. The van der Waals surface area contributed by atoms with Crippen molar-refractivity contribution >= 4 is 0 Å². The molecule has 0 amide bonds. The molecule has 0 aliphatic rings. The number of hydrogen-bond acceptors (Lipinski definition) is 2. The van der Waals surface area contributed by atoms with Gasteiger partial charge in [-0.3, -0.25) is 0 Å². The molecule has 0 heterocycles. The second kappa shape index (κ2) is 5.78. The average molecular weight is 215 g/mol. The van der Waals surface area contributed by atoms with Crippen molar-refractivity contribution in [2.75, 3.05) is 20.8 Å². The Morgan fingerprint density at radius 1 is 1.40 bits per heavy atom. The molecule has 0 aliphatic carbocycles. The van der Waals surface area contributed by atoms with E-state index in [1.165, 1.54) is 6.07 Å². The van der Waals surface area contributed by atoms with E-state index in [4.69, 9.17) is 4.74 Å². The first-order valence-electron chi connectivity index (χ1n) is 4.80. The molecule has 84 valence electrons. The van der Waals surface area contributed by atoms with Gasteiger partial charge in [0.05, 0.1) is 0 Å². The van der Waals surface area contributed by atoms with Gasteiger partial charge >= 0.3 is 0 Å². The Hall–Kier alpha value is -1.00. The Morgan fingerprint density at radius 2 is 2.13 bits per heavy atom. The summed E-state index contributed by atoms with van der Waals surface area (Å²) in [7, 11) is 3.29. The Kier molecular flexibility index (Phi) is 4.65. The summed E-state index contributed by atoms with van der Waals surface area (Å²) < 4.78 is 31.3. The highest BCUT2D eigenvalue weighted by atomic mass is 19.2. The van der Waals surface area contributed by atoms with Gasteiger partial charge in [0, 0.05) is 25.3 Å². The van der Waals surface area contributed by atoms with Crippen molar-refractivity contribution < 1.29 is 13.5 Å². The summed E-state index contributed by atoms with van der Waals surface area (Å²) >= 11 is 0. The van der Waals surface area contributed by atoms with Crippen molar-refractivity contribution in [3.63, 3.8) is 0 Å². The van der Waals surface area contributed by atoms with E-state index >= 15 is 0 Å². The first-order valence-corrected chi connectivity index (χ1v) is 4.80. The Bertz CT molecular complexity index is 317. The molecule has 0 bridgehead atoms. The number of hydrogen-bond donors (Lipinski definition) is 1. The largest absolute Gasteiger partial charge is 0.385 e. The van der Waals surface area contributed by atoms with Crippen LogP contribution >= 0.6 is 0 Å². The van der Waals surface area contributed by atoms with Gasteiger partial charge in [0.2, 0.25) is 0 Å². The second-order valence-corrected chi connectivity index (χ2v) is 3.27. The first kappa shape index (κ1) is 12.1. The monoisotopic (exact) mass is 215 g/mol. The maximum absolute atomic E-state index is 13.4. The highest BCUT2D eigenvalue weighted by molar-refractivity contribution is 5.22. The van der Waals surface area contributed by atoms with Gasteiger partial charge in [-0.05, 0) is 19.5 Å². The number of methoxy groups -OCH3 is 1. The molecular weight excluding hydrogens is 200 g/mol. The summed E-state index contributed by atoms with van der Waals surface area (Å²) in [5, 5.41) is 2.93. The molecule has 1 atom stereocenters. The number of nitrogens with one attached hydrogen (secondary N) is 1. The fraction of sp³-hybridized carbons (Fsp3) is 0.455. The van der Waals surface area contributed by atoms with E-state index in [1.807, 2.05) is 0 Å². The topological polar surface area (TPSA) is 21.3 Å². The quantitative estimate of drug-likeness (QED) is 0.813. The molecule has 0 radical (unpaired) electrons. The molecule has 0 aromatic heterocycles. The van der Waals surface area contributed by atoms with Crippen LogP contribution in [-0.4, -0.2) is 20.8 Å². The average Bonchev–Trinajstić information content (AvgIpc) is 2.25. The zero-order valence-electron chi connectivity index (χ0n) is 8.89. The lowest BCUT2D eigenvalue weighted by Crippen LogP contribution is -2.19. The van der Waals surface area contributed by atoms with Crippen LogP contribution in [0.5, 0.6) is 0 Å². The van der Waals surface area contributed by atoms with Crippen LogP contribution in [0, 0.1) is 11.6 Å². The van der Waals surface area contributed by atoms with Crippen LogP contribution in [0.15, 0.2) is 18.2 Å². The number of ether oxygens (including phenoxy) is 1. The predicted octanol–water partition coefficient (Wildman–Crippen LogP) is 2.26. The molecule has 2 nitrogen and oxygen atoms in total. The summed E-state index contributed by atoms with van der Waals surface area (Å²) in [5.74, 6) is -1.60.